The van der Waals surface area contributed by atoms with Gasteiger partial charge in [-0.05, 0) is 56.5 Å². The Balaban J connectivity index is 1.40. The van der Waals surface area contributed by atoms with Crippen molar-refractivity contribution in [3.63, 3.8) is 0 Å². The van der Waals surface area contributed by atoms with Gasteiger partial charge in [-0.3, -0.25) is 9.59 Å². The number of hydrogen-bond acceptors (Lipinski definition) is 3. The average Bonchev–Trinajstić information content (AvgIpc) is 2.88. The van der Waals surface area contributed by atoms with Crippen molar-refractivity contribution in [1.82, 2.24) is 10.2 Å². The number of carbonyl (C=O) groups excluding carboxylic acids is 2. The summed E-state index contributed by atoms with van der Waals surface area (Å²) < 4.78 is 0. The molecule has 3 aromatic carbocycles. The molecule has 2 amide bonds. The van der Waals surface area contributed by atoms with Crippen molar-refractivity contribution in [2.24, 2.45) is 0 Å². The van der Waals surface area contributed by atoms with E-state index >= 15 is 0 Å². The number of para-hydroxylation sites is 1. The van der Waals surface area contributed by atoms with Gasteiger partial charge in [0.2, 0.25) is 0 Å². The van der Waals surface area contributed by atoms with E-state index in [4.69, 9.17) is 0 Å². The minimum Gasteiger partial charge on any atom is -0.371 e. The maximum Gasteiger partial charge on any atom is 0.256 e. The number of nitrogens with one attached hydrogen (secondary N) is 1. The molecule has 1 saturated heterocycles. The highest BCUT2D eigenvalue weighted by atomic mass is 16.2. The second-order valence-corrected chi connectivity index (χ2v) is 8.92. The maximum atomic E-state index is 13.5. The summed E-state index contributed by atoms with van der Waals surface area (Å²) in [5.74, 6) is 0.0327. The fourth-order valence-electron chi connectivity index (χ4n) is 4.47. The van der Waals surface area contributed by atoms with E-state index in [1.54, 1.807) is 0 Å². The topological polar surface area (TPSA) is 52.7 Å². The van der Waals surface area contributed by atoms with E-state index in [-0.39, 0.29) is 17.9 Å². The molecule has 1 aliphatic heterocycles. The number of amides is 2. The van der Waals surface area contributed by atoms with Crippen molar-refractivity contribution < 1.29 is 9.59 Å². The van der Waals surface area contributed by atoms with E-state index in [1.165, 1.54) is 0 Å². The number of aryl methyl sites for hydroxylation is 1. The molecule has 5 heteroatoms. The molecule has 0 aliphatic carbocycles. The van der Waals surface area contributed by atoms with Crippen LogP contribution in [0.15, 0.2) is 78.9 Å². The Morgan fingerprint density at radius 1 is 0.912 bits per heavy atom. The molecular formula is C29H33N3O2. The highest BCUT2D eigenvalue weighted by Crippen LogP contribution is 2.26. The molecule has 0 unspecified atom stereocenters. The van der Waals surface area contributed by atoms with Crippen LogP contribution in [0.3, 0.4) is 0 Å². The van der Waals surface area contributed by atoms with Crippen molar-refractivity contribution >= 4 is 17.5 Å². The van der Waals surface area contributed by atoms with E-state index in [0.717, 1.165) is 48.3 Å². The SMILES string of the molecule is CCN(Cc1ccccc1)C(=O)c1ccccc1N1CCC(NC(=O)c2ccc(C)cc2)CC1. The lowest BCUT2D eigenvalue weighted by Gasteiger charge is -2.35. The van der Waals surface area contributed by atoms with Crippen LogP contribution < -0.4 is 10.2 Å². The number of hydrogen-bond donors (Lipinski definition) is 1. The van der Waals surface area contributed by atoms with Gasteiger partial charge in [-0.1, -0.05) is 60.2 Å². The molecule has 0 radical (unpaired) electrons. The molecule has 34 heavy (non-hydrogen) atoms. The van der Waals surface area contributed by atoms with Crippen molar-refractivity contribution in [2.75, 3.05) is 24.5 Å². The molecule has 1 fully saturated rings. The van der Waals surface area contributed by atoms with Crippen LogP contribution in [0.25, 0.3) is 0 Å². The van der Waals surface area contributed by atoms with Crippen molar-refractivity contribution in [3.05, 3.63) is 101 Å². The number of anilines is 1. The van der Waals surface area contributed by atoms with Crippen molar-refractivity contribution in [3.8, 4) is 0 Å². The summed E-state index contributed by atoms with van der Waals surface area (Å²) in [7, 11) is 0. The fraction of sp³-hybridized carbons (Fsp3) is 0.310. The average molecular weight is 456 g/mol. The molecule has 4 rings (SSSR count). The molecular weight excluding hydrogens is 422 g/mol. The number of nitrogens with zero attached hydrogens (tertiary/aromatic N) is 2. The Hall–Kier alpha value is -3.60. The second kappa shape index (κ2) is 11.0. The van der Waals surface area contributed by atoms with E-state index in [9.17, 15) is 9.59 Å². The Morgan fingerprint density at radius 3 is 2.24 bits per heavy atom. The third-order valence-corrected chi connectivity index (χ3v) is 6.50. The largest absolute Gasteiger partial charge is 0.371 e. The van der Waals surface area contributed by atoms with Gasteiger partial charge in [-0.2, -0.15) is 0 Å². The van der Waals surface area contributed by atoms with Gasteiger partial charge >= 0.3 is 0 Å². The van der Waals surface area contributed by atoms with Crippen LogP contribution >= 0.6 is 0 Å². The minimum absolute atomic E-state index is 0.0199. The first-order valence-corrected chi connectivity index (χ1v) is 12.1. The van der Waals surface area contributed by atoms with Crippen LogP contribution in [0.5, 0.6) is 0 Å². The highest BCUT2D eigenvalue weighted by molar-refractivity contribution is 6.00. The molecule has 0 saturated carbocycles. The quantitative estimate of drug-likeness (QED) is 0.542. The van der Waals surface area contributed by atoms with E-state index in [2.05, 4.69) is 22.3 Å². The van der Waals surface area contributed by atoms with E-state index < -0.39 is 0 Å². The first kappa shape index (κ1) is 23.6. The lowest BCUT2D eigenvalue weighted by Crippen LogP contribution is -2.45. The van der Waals surface area contributed by atoms with E-state index in [1.807, 2.05) is 85.5 Å². The van der Waals surface area contributed by atoms with Crippen LogP contribution in [0.4, 0.5) is 5.69 Å². The zero-order valence-electron chi connectivity index (χ0n) is 20.0. The summed E-state index contributed by atoms with van der Waals surface area (Å²) in [6.45, 7) is 6.88. The molecule has 0 atom stereocenters. The van der Waals surface area contributed by atoms with Crippen molar-refractivity contribution in [2.45, 2.75) is 39.3 Å². The Labute approximate surface area is 202 Å². The van der Waals surface area contributed by atoms with Gasteiger partial charge in [-0.15, -0.1) is 0 Å². The minimum atomic E-state index is -0.0199. The van der Waals surface area contributed by atoms with Crippen LogP contribution in [-0.2, 0) is 6.54 Å². The Morgan fingerprint density at radius 2 is 1.56 bits per heavy atom. The molecule has 1 N–H and O–H groups in total. The van der Waals surface area contributed by atoms with Gasteiger partial charge in [0.25, 0.3) is 11.8 Å². The van der Waals surface area contributed by atoms with Crippen LogP contribution in [0, 0.1) is 6.92 Å². The summed E-state index contributed by atoms with van der Waals surface area (Å²) >= 11 is 0. The summed E-state index contributed by atoms with van der Waals surface area (Å²) in [4.78, 5) is 30.2. The highest BCUT2D eigenvalue weighted by Gasteiger charge is 2.25. The fourth-order valence-corrected chi connectivity index (χ4v) is 4.47. The number of benzene rings is 3. The molecule has 0 aromatic heterocycles. The van der Waals surface area contributed by atoms with E-state index in [0.29, 0.717) is 18.7 Å². The predicted molar refractivity (Wildman–Crippen MR) is 137 cm³/mol. The smallest absolute Gasteiger partial charge is 0.256 e. The van der Waals surface area contributed by atoms with Gasteiger partial charge < -0.3 is 15.1 Å². The normalized spacial score (nSPS) is 14.0. The molecule has 1 aliphatic rings. The van der Waals surface area contributed by atoms with Gasteiger partial charge in [-0.25, -0.2) is 0 Å². The zero-order valence-corrected chi connectivity index (χ0v) is 20.0. The maximum absolute atomic E-state index is 13.5. The molecule has 1 heterocycles. The summed E-state index contributed by atoms with van der Waals surface area (Å²) in [5.41, 5.74) is 4.68. The molecule has 5 nitrogen and oxygen atoms in total. The van der Waals surface area contributed by atoms with Gasteiger partial charge in [0.1, 0.15) is 0 Å². The Kier molecular flexibility index (Phi) is 7.63. The standard InChI is InChI=1S/C29H33N3O2/c1-3-31(21-23-9-5-4-6-10-23)29(34)26-11-7-8-12-27(26)32-19-17-25(18-20-32)30-28(33)24-15-13-22(2)14-16-24/h4-16,25H,3,17-21H2,1-2H3,(H,30,33). The number of piperidine rings is 1. The molecule has 3 aromatic rings. The van der Waals surface area contributed by atoms with Gasteiger partial charge in [0.15, 0.2) is 0 Å². The summed E-state index contributed by atoms with van der Waals surface area (Å²) in [6, 6.07) is 25.8. The molecule has 176 valence electrons. The summed E-state index contributed by atoms with van der Waals surface area (Å²) in [6.07, 6.45) is 1.70. The molecule has 0 bridgehead atoms. The first-order chi connectivity index (χ1) is 16.5. The summed E-state index contributed by atoms with van der Waals surface area (Å²) in [5, 5.41) is 3.18. The van der Waals surface area contributed by atoms with Crippen LogP contribution in [0.1, 0.15) is 51.6 Å². The Bertz CT molecular complexity index is 1100. The van der Waals surface area contributed by atoms with Gasteiger partial charge in [0.05, 0.1) is 5.56 Å². The number of rotatable bonds is 7. The monoisotopic (exact) mass is 455 g/mol. The second-order valence-electron chi connectivity index (χ2n) is 8.92. The lowest BCUT2D eigenvalue weighted by molar-refractivity contribution is 0.0753. The first-order valence-electron chi connectivity index (χ1n) is 12.1. The number of carbonyl (C=O) groups is 2. The predicted octanol–water partition coefficient (Wildman–Crippen LogP) is 5.06. The molecule has 0 spiro atoms. The zero-order chi connectivity index (χ0) is 23.9. The van der Waals surface area contributed by atoms with Crippen molar-refractivity contribution in [1.29, 1.82) is 0 Å². The van der Waals surface area contributed by atoms with Crippen LogP contribution in [-0.4, -0.2) is 42.4 Å². The lowest BCUT2D eigenvalue weighted by atomic mass is 10.0. The van der Waals surface area contributed by atoms with Crippen LogP contribution in [0.2, 0.25) is 0 Å². The third kappa shape index (κ3) is 5.66. The third-order valence-electron chi connectivity index (χ3n) is 6.50. The van der Waals surface area contributed by atoms with Gasteiger partial charge in [0, 0.05) is 43.5 Å².